The Balaban J connectivity index is 1.39. The molecule has 1 aromatic heterocycles. The van der Waals surface area contributed by atoms with Gasteiger partial charge in [-0.25, -0.2) is 9.78 Å². The molecule has 2 amide bonds. The van der Waals surface area contributed by atoms with Gasteiger partial charge in [0.2, 0.25) is 6.79 Å². The Morgan fingerprint density at radius 3 is 2.47 bits per heavy atom. The normalized spacial score (nSPS) is 14.2. The number of anilines is 3. The molecule has 186 valence electrons. The van der Waals surface area contributed by atoms with E-state index in [-0.39, 0.29) is 24.4 Å². The molecule has 0 bridgehead atoms. The van der Waals surface area contributed by atoms with Gasteiger partial charge in [-0.3, -0.25) is 10.1 Å². The van der Waals surface area contributed by atoms with E-state index in [1.807, 2.05) is 24.3 Å². The monoisotopic (exact) mass is 488 g/mol. The van der Waals surface area contributed by atoms with Crippen LogP contribution in [0.5, 0.6) is 11.5 Å². The fraction of sp³-hybridized carbons (Fsp3) is 0.296. The second kappa shape index (κ2) is 9.41. The number of nitrogens with zero attached hydrogens (tertiary/aromatic N) is 1. The van der Waals surface area contributed by atoms with Gasteiger partial charge in [-0.15, -0.1) is 0 Å². The van der Waals surface area contributed by atoms with Gasteiger partial charge in [-0.05, 0) is 62.9 Å². The third-order valence-corrected chi connectivity index (χ3v) is 5.75. The van der Waals surface area contributed by atoms with E-state index in [0.29, 0.717) is 28.7 Å². The third-order valence-electron chi connectivity index (χ3n) is 5.75. The molecule has 9 heteroatoms. The van der Waals surface area contributed by atoms with E-state index in [1.165, 1.54) is 17.2 Å². The number of para-hydroxylation sites is 1. The van der Waals surface area contributed by atoms with Gasteiger partial charge in [-0.2, -0.15) is 0 Å². The molecule has 2 aromatic carbocycles. The number of hydrogen-bond donors (Lipinski definition) is 3. The van der Waals surface area contributed by atoms with Crippen molar-refractivity contribution in [3.8, 4) is 11.5 Å². The number of carbonyl (C=O) groups is 2. The first-order chi connectivity index (χ1) is 17.2. The van der Waals surface area contributed by atoms with Crippen molar-refractivity contribution in [2.75, 3.05) is 17.4 Å². The molecule has 36 heavy (non-hydrogen) atoms. The second-order valence-electron chi connectivity index (χ2n) is 9.76. The highest BCUT2D eigenvalue weighted by molar-refractivity contribution is 5.95. The van der Waals surface area contributed by atoms with Crippen LogP contribution in [0.1, 0.15) is 42.4 Å². The lowest BCUT2D eigenvalue weighted by Gasteiger charge is -2.20. The summed E-state index contributed by atoms with van der Waals surface area (Å²) in [7, 11) is 0. The molecule has 0 unspecified atom stereocenters. The minimum absolute atomic E-state index is 0.0291. The number of rotatable bonds is 5. The predicted octanol–water partition coefficient (Wildman–Crippen LogP) is 4.80. The quantitative estimate of drug-likeness (QED) is 0.473. The third kappa shape index (κ3) is 5.35. The number of pyridine rings is 1. The Morgan fingerprint density at radius 1 is 1.00 bits per heavy atom. The van der Waals surface area contributed by atoms with E-state index in [2.05, 4.69) is 33.1 Å². The van der Waals surface area contributed by atoms with E-state index in [1.54, 1.807) is 32.9 Å². The molecule has 5 rings (SSSR count). The van der Waals surface area contributed by atoms with Gasteiger partial charge in [0.05, 0.1) is 11.4 Å². The maximum absolute atomic E-state index is 13.2. The van der Waals surface area contributed by atoms with Crippen molar-refractivity contribution in [1.29, 1.82) is 0 Å². The van der Waals surface area contributed by atoms with Crippen LogP contribution in [0.15, 0.2) is 54.6 Å². The summed E-state index contributed by atoms with van der Waals surface area (Å²) in [5.41, 5.74) is 2.96. The Bertz CT molecular complexity index is 1290. The lowest BCUT2D eigenvalue weighted by molar-refractivity contribution is 0.0635. The van der Waals surface area contributed by atoms with Crippen LogP contribution in [0, 0.1) is 0 Å². The highest BCUT2D eigenvalue weighted by Gasteiger charge is 2.25. The minimum atomic E-state index is -0.669. The van der Waals surface area contributed by atoms with Crippen LogP contribution in [0.2, 0.25) is 0 Å². The lowest BCUT2D eigenvalue weighted by Crippen LogP contribution is -2.36. The Labute approximate surface area is 209 Å². The molecule has 1 aliphatic heterocycles. The molecular weight excluding hydrogens is 460 g/mol. The van der Waals surface area contributed by atoms with Gasteiger partial charge in [0.15, 0.2) is 11.5 Å². The van der Waals surface area contributed by atoms with Crippen LogP contribution < -0.4 is 25.4 Å². The van der Waals surface area contributed by atoms with Gasteiger partial charge >= 0.3 is 6.09 Å². The summed E-state index contributed by atoms with van der Waals surface area (Å²) in [5, 5.41) is 8.96. The summed E-state index contributed by atoms with van der Waals surface area (Å²) in [5.74, 6) is 1.19. The highest BCUT2D eigenvalue weighted by atomic mass is 16.7. The van der Waals surface area contributed by atoms with Gasteiger partial charge in [-0.1, -0.05) is 30.3 Å². The molecule has 0 spiro atoms. The van der Waals surface area contributed by atoms with Crippen LogP contribution >= 0.6 is 0 Å². The first-order valence-corrected chi connectivity index (χ1v) is 11.8. The molecule has 0 fully saturated rings. The zero-order valence-electron chi connectivity index (χ0n) is 20.4. The Hall–Kier alpha value is -4.27. The Morgan fingerprint density at radius 2 is 1.75 bits per heavy atom. The van der Waals surface area contributed by atoms with E-state index in [9.17, 15) is 9.59 Å². The van der Waals surface area contributed by atoms with Gasteiger partial charge in [0.25, 0.3) is 5.91 Å². The molecule has 2 heterocycles. The zero-order chi connectivity index (χ0) is 25.3. The first-order valence-electron chi connectivity index (χ1n) is 11.8. The van der Waals surface area contributed by atoms with E-state index in [4.69, 9.17) is 14.2 Å². The Kier molecular flexibility index (Phi) is 6.13. The number of aromatic nitrogens is 1. The highest BCUT2D eigenvalue weighted by Crippen LogP contribution is 2.40. The first kappa shape index (κ1) is 23.5. The molecule has 2 aliphatic rings. The van der Waals surface area contributed by atoms with Crippen molar-refractivity contribution in [3.05, 3.63) is 71.4 Å². The number of fused-ring (bicyclic) bond motifs is 2. The van der Waals surface area contributed by atoms with Crippen LogP contribution in [-0.4, -0.2) is 35.4 Å². The second-order valence-corrected chi connectivity index (χ2v) is 9.76. The topological polar surface area (TPSA) is 111 Å². The predicted molar refractivity (Wildman–Crippen MR) is 135 cm³/mol. The van der Waals surface area contributed by atoms with Crippen molar-refractivity contribution in [3.63, 3.8) is 0 Å². The lowest BCUT2D eigenvalue weighted by atomic mass is 10.1. The fourth-order valence-electron chi connectivity index (χ4n) is 4.29. The number of ether oxygens (including phenoxy) is 3. The number of nitrogens with one attached hydrogen (secondary N) is 3. The summed E-state index contributed by atoms with van der Waals surface area (Å²) in [6.45, 7) is 5.47. The molecule has 3 aromatic rings. The van der Waals surface area contributed by atoms with Gasteiger partial charge in [0.1, 0.15) is 17.1 Å². The molecule has 0 saturated heterocycles. The fourth-order valence-corrected chi connectivity index (χ4v) is 4.29. The molecule has 0 atom stereocenters. The van der Waals surface area contributed by atoms with Crippen LogP contribution in [0.4, 0.5) is 22.0 Å². The van der Waals surface area contributed by atoms with E-state index in [0.717, 1.165) is 12.8 Å². The van der Waals surface area contributed by atoms with Crippen molar-refractivity contribution in [1.82, 2.24) is 10.3 Å². The van der Waals surface area contributed by atoms with Crippen LogP contribution in [0.25, 0.3) is 0 Å². The molecule has 1 aliphatic carbocycles. The zero-order valence-corrected chi connectivity index (χ0v) is 20.4. The molecule has 0 radical (unpaired) electrons. The van der Waals surface area contributed by atoms with Crippen LogP contribution in [-0.2, 0) is 17.6 Å². The van der Waals surface area contributed by atoms with Crippen molar-refractivity contribution in [2.45, 2.75) is 45.3 Å². The van der Waals surface area contributed by atoms with E-state index < -0.39 is 11.7 Å². The minimum Gasteiger partial charge on any atom is -0.454 e. The van der Waals surface area contributed by atoms with Crippen molar-refractivity contribution in [2.24, 2.45) is 0 Å². The summed E-state index contributed by atoms with van der Waals surface area (Å²) in [6, 6.07) is 16.7. The molecular formula is C27H28N4O5. The van der Waals surface area contributed by atoms with Gasteiger partial charge in [0, 0.05) is 12.1 Å². The maximum atomic E-state index is 13.2. The number of benzene rings is 2. The number of hydrogen-bond acceptors (Lipinski definition) is 7. The number of carbonyl (C=O) groups excluding carboxylic acids is 2. The summed E-state index contributed by atoms with van der Waals surface area (Å²) >= 11 is 0. The molecule has 3 N–H and O–H groups in total. The molecule has 9 nitrogen and oxygen atoms in total. The van der Waals surface area contributed by atoms with E-state index >= 15 is 0 Å². The van der Waals surface area contributed by atoms with Crippen molar-refractivity contribution < 1.29 is 23.8 Å². The molecule has 0 saturated carbocycles. The largest absolute Gasteiger partial charge is 0.454 e. The standard InChI is InChI=1S/C27H28N4O5/c1-27(2,3)36-26(33)29-19-13-21(25(32)28-18-11-16-7-4-5-8-17(16)12-18)31-23(14-19)30-20-9-6-10-22-24(20)35-15-34-22/h4-10,13-14,18H,11-12,15H2,1-3H3,(H,28,32)(H2,29,30,31,33). The summed E-state index contributed by atoms with van der Waals surface area (Å²) in [4.78, 5) is 30.2. The summed E-state index contributed by atoms with van der Waals surface area (Å²) in [6.07, 6.45) is 0.891. The smallest absolute Gasteiger partial charge is 0.412 e. The van der Waals surface area contributed by atoms with Gasteiger partial charge < -0.3 is 24.8 Å². The summed E-state index contributed by atoms with van der Waals surface area (Å²) < 4.78 is 16.4. The average molecular weight is 489 g/mol. The SMILES string of the molecule is CC(C)(C)OC(=O)Nc1cc(Nc2cccc3c2OCO3)nc(C(=O)NC2Cc3ccccc3C2)c1. The number of amides is 2. The maximum Gasteiger partial charge on any atom is 0.412 e. The van der Waals surface area contributed by atoms with Crippen molar-refractivity contribution >= 4 is 29.2 Å². The average Bonchev–Trinajstić information content (AvgIpc) is 3.44. The van der Waals surface area contributed by atoms with Crippen LogP contribution in [0.3, 0.4) is 0 Å².